The Morgan fingerprint density at radius 3 is 2.52 bits per heavy atom. The highest BCUT2D eigenvalue weighted by Crippen LogP contribution is 2.45. The Kier molecular flexibility index (Phi) is 5.11. The van der Waals surface area contributed by atoms with Gasteiger partial charge in [-0.25, -0.2) is 4.79 Å². The average molecular weight is 348 g/mol. The Labute approximate surface area is 147 Å². The largest absolute Gasteiger partial charge is 0.507 e. The molecule has 136 valence electrons. The van der Waals surface area contributed by atoms with E-state index in [-0.39, 0.29) is 17.1 Å². The zero-order chi connectivity index (χ0) is 18.9. The minimum atomic E-state index is -0.905. The summed E-state index contributed by atoms with van der Waals surface area (Å²) in [6.45, 7) is 8.35. The first-order valence-corrected chi connectivity index (χ1v) is 8.09. The zero-order valence-electron chi connectivity index (χ0n) is 15.4. The van der Waals surface area contributed by atoms with Crippen LogP contribution in [0.2, 0.25) is 0 Å². The summed E-state index contributed by atoms with van der Waals surface area (Å²) >= 11 is 0. The fraction of sp³-hybridized carbons (Fsp3) is 0.474. The number of hydrogen-bond acceptors (Lipinski definition) is 6. The number of benzene rings is 1. The maximum absolute atomic E-state index is 12.1. The lowest BCUT2D eigenvalue weighted by molar-refractivity contribution is -0.159. The molecule has 0 fully saturated rings. The Hall–Kier alpha value is -2.50. The van der Waals surface area contributed by atoms with Crippen LogP contribution in [0.1, 0.15) is 50.5 Å². The zero-order valence-corrected chi connectivity index (χ0v) is 15.4. The van der Waals surface area contributed by atoms with Gasteiger partial charge in [-0.2, -0.15) is 0 Å². The molecule has 0 saturated heterocycles. The summed E-state index contributed by atoms with van der Waals surface area (Å²) in [6, 6.07) is 1.41. The van der Waals surface area contributed by atoms with Crippen molar-refractivity contribution < 1.29 is 28.9 Å². The molecule has 0 amide bonds. The van der Waals surface area contributed by atoms with Crippen LogP contribution in [0.15, 0.2) is 17.7 Å². The van der Waals surface area contributed by atoms with Crippen LogP contribution >= 0.6 is 0 Å². The van der Waals surface area contributed by atoms with Crippen LogP contribution in [0, 0.1) is 0 Å². The second-order valence-corrected chi connectivity index (χ2v) is 6.61. The minimum Gasteiger partial charge on any atom is -0.507 e. The van der Waals surface area contributed by atoms with Crippen LogP contribution in [-0.2, 0) is 16.0 Å². The molecule has 1 atom stereocenters. The highest BCUT2D eigenvalue weighted by molar-refractivity contribution is 6.00. The molecule has 1 heterocycles. The summed E-state index contributed by atoms with van der Waals surface area (Å²) in [5.74, 6) is -0.169. The van der Waals surface area contributed by atoms with Gasteiger partial charge < -0.3 is 19.3 Å². The van der Waals surface area contributed by atoms with Gasteiger partial charge in [0, 0.05) is 23.6 Å². The van der Waals surface area contributed by atoms with E-state index in [2.05, 4.69) is 0 Å². The molecule has 0 bridgehead atoms. The summed E-state index contributed by atoms with van der Waals surface area (Å²) < 4.78 is 16.8. The fourth-order valence-electron chi connectivity index (χ4n) is 2.80. The highest BCUT2D eigenvalue weighted by Gasteiger charge is 2.42. The molecular weight excluding hydrogens is 324 g/mol. The number of carbonyl (C=O) groups excluding carboxylic acids is 2. The van der Waals surface area contributed by atoms with E-state index in [0.717, 1.165) is 0 Å². The van der Waals surface area contributed by atoms with E-state index >= 15 is 0 Å². The topological polar surface area (TPSA) is 82.1 Å². The molecule has 1 N–H and O–H groups in total. The molecule has 25 heavy (non-hydrogen) atoms. The maximum atomic E-state index is 12.1. The Morgan fingerprint density at radius 2 is 2.00 bits per heavy atom. The number of methoxy groups -OCH3 is 1. The quantitative estimate of drug-likeness (QED) is 0.500. The lowest BCUT2D eigenvalue weighted by Crippen LogP contribution is -2.43. The van der Waals surface area contributed by atoms with Crippen LogP contribution < -0.4 is 9.47 Å². The first-order valence-electron chi connectivity index (χ1n) is 8.09. The van der Waals surface area contributed by atoms with E-state index in [1.807, 2.05) is 0 Å². The lowest BCUT2D eigenvalue weighted by atomic mass is 9.94. The van der Waals surface area contributed by atoms with Crippen molar-refractivity contribution in [2.45, 2.75) is 52.7 Å². The van der Waals surface area contributed by atoms with Gasteiger partial charge in [0.1, 0.15) is 34.5 Å². The number of Topliss-reactive ketones (excluding diaryl/α,β-unsaturated/α-hetero) is 1. The summed E-state index contributed by atoms with van der Waals surface area (Å²) in [5, 5.41) is 10.1. The number of ketones is 1. The smallest absolute Gasteiger partial charge is 0.334 e. The van der Waals surface area contributed by atoms with Gasteiger partial charge in [-0.15, -0.1) is 0 Å². The van der Waals surface area contributed by atoms with Crippen molar-refractivity contribution in [2.75, 3.05) is 7.11 Å². The van der Waals surface area contributed by atoms with E-state index in [1.165, 1.54) is 20.1 Å². The summed E-state index contributed by atoms with van der Waals surface area (Å²) in [6.07, 6.45) is 1.61. The van der Waals surface area contributed by atoms with Crippen LogP contribution in [0.4, 0.5) is 0 Å². The fourth-order valence-corrected chi connectivity index (χ4v) is 2.80. The van der Waals surface area contributed by atoms with Gasteiger partial charge in [-0.3, -0.25) is 4.79 Å². The third-order valence-corrected chi connectivity index (χ3v) is 4.42. The summed E-state index contributed by atoms with van der Waals surface area (Å²) in [4.78, 5) is 23.9. The molecule has 0 spiro atoms. The van der Waals surface area contributed by atoms with Crippen molar-refractivity contribution in [3.8, 4) is 17.2 Å². The van der Waals surface area contributed by atoms with Crippen molar-refractivity contribution in [3.63, 3.8) is 0 Å². The van der Waals surface area contributed by atoms with E-state index in [0.29, 0.717) is 29.1 Å². The van der Waals surface area contributed by atoms with Crippen molar-refractivity contribution in [1.82, 2.24) is 0 Å². The molecule has 6 heteroatoms. The first kappa shape index (κ1) is 18.8. The number of carbonyl (C=O) groups is 2. The van der Waals surface area contributed by atoms with Gasteiger partial charge >= 0.3 is 5.97 Å². The van der Waals surface area contributed by atoms with Crippen molar-refractivity contribution in [2.24, 2.45) is 0 Å². The molecule has 1 aliphatic heterocycles. The highest BCUT2D eigenvalue weighted by atomic mass is 16.6. The number of allylic oxidation sites excluding steroid dienone is 1. The number of fused-ring (bicyclic) bond motifs is 1. The summed E-state index contributed by atoms with van der Waals surface area (Å²) in [5.41, 5.74) is 0.419. The molecule has 0 aliphatic carbocycles. The molecule has 1 aliphatic rings. The number of hydrogen-bond donors (Lipinski definition) is 1. The number of esters is 1. The van der Waals surface area contributed by atoms with E-state index in [9.17, 15) is 14.7 Å². The third-order valence-electron chi connectivity index (χ3n) is 4.42. The van der Waals surface area contributed by atoms with E-state index < -0.39 is 17.7 Å². The Morgan fingerprint density at radius 1 is 1.36 bits per heavy atom. The monoisotopic (exact) mass is 348 g/mol. The second-order valence-electron chi connectivity index (χ2n) is 6.61. The molecule has 0 aromatic heterocycles. The molecule has 0 radical (unpaired) electrons. The number of aromatic hydroxyl groups is 1. The van der Waals surface area contributed by atoms with E-state index in [4.69, 9.17) is 14.2 Å². The van der Waals surface area contributed by atoms with Gasteiger partial charge in [-0.1, -0.05) is 6.08 Å². The van der Waals surface area contributed by atoms with Gasteiger partial charge in [0.15, 0.2) is 5.78 Å². The van der Waals surface area contributed by atoms with Crippen LogP contribution in [-0.4, -0.2) is 35.7 Å². The predicted molar refractivity (Wildman–Crippen MR) is 92.4 cm³/mol. The number of phenolic OH excluding ortho intramolecular Hbond substituents is 1. The molecule has 0 unspecified atom stereocenters. The average Bonchev–Trinajstić information content (AvgIpc) is 2.96. The second kappa shape index (κ2) is 6.78. The van der Waals surface area contributed by atoms with Crippen molar-refractivity contribution in [3.05, 3.63) is 28.8 Å². The maximum Gasteiger partial charge on any atom is 0.334 e. The van der Waals surface area contributed by atoms with Gasteiger partial charge in [0.2, 0.25) is 0 Å². The third kappa shape index (κ3) is 3.48. The van der Waals surface area contributed by atoms with Crippen molar-refractivity contribution in [1.29, 1.82) is 0 Å². The summed E-state index contributed by atoms with van der Waals surface area (Å²) in [7, 11) is 1.44. The van der Waals surface area contributed by atoms with Gasteiger partial charge in [0.25, 0.3) is 0 Å². The Bertz CT molecular complexity index is 745. The molecule has 0 saturated carbocycles. The molecule has 1 aromatic carbocycles. The minimum absolute atomic E-state index is 0.130. The van der Waals surface area contributed by atoms with Crippen LogP contribution in [0.5, 0.6) is 17.2 Å². The number of rotatable bonds is 5. The lowest BCUT2D eigenvalue weighted by Gasteiger charge is -2.30. The van der Waals surface area contributed by atoms with E-state index in [1.54, 1.807) is 33.8 Å². The first-order chi connectivity index (χ1) is 11.6. The normalized spacial score (nSPS) is 16.9. The number of phenols is 1. The van der Waals surface area contributed by atoms with Crippen LogP contribution in [0.25, 0.3) is 0 Å². The van der Waals surface area contributed by atoms with Gasteiger partial charge in [0.05, 0.1) is 7.11 Å². The van der Waals surface area contributed by atoms with Crippen LogP contribution in [0.3, 0.4) is 0 Å². The van der Waals surface area contributed by atoms with Gasteiger partial charge in [-0.05, 0) is 34.6 Å². The number of ether oxygens (including phenoxy) is 3. The Balaban J connectivity index is 2.35. The molecule has 2 rings (SSSR count). The van der Waals surface area contributed by atoms with Crippen molar-refractivity contribution >= 4 is 11.8 Å². The molecule has 1 aromatic rings. The molecular formula is C19H24O6. The SMILES string of the molecule is C/C=C(/C)C(=O)OC(C)(C)[C@@H]1Cc2c(cc(O)c(C(C)=O)c2OC)O1. The standard InChI is InChI=1S/C19H24O6/c1-7-10(2)18(22)25-19(4,5)15-8-12-14(24-15)9-13(21)16(11(3)20)17(12)23-6/h7,9,15,21H,8H2,1-6H3/b10-7-/t15-/m0/s1. The molecule has 6 nitrogen and oxygen atoms in total. The predicted octanol–water partition coefficient (Wildman–Crippen LogP) is 3.19.